The topological polar surface area (TPSA) is 91.9 Å². The van der Waals surface area contributed by atoms with Gasteiger partial charge >= 0.3 is 5.97 Å². The molecule has 0 atom stereocenters. The molecule has 2 aromatic carbocycles. The number of fused-ring (bicyclic) bond motifs is 1. The van der Waals surface area contributed by atoms with Gasteiger partial charge in [0.05, 0.1) is 26.2 Å². The number of methoxy groups -OCH3 is 1. The van der Waals surface area contributed by atoms with E-state index in [-0.39, 0.29) is 44.4 Å². The molecule has 198 valence electrons. The van der Waals surface area contributed by atoms with E-state index in [9.17, 15) is 14.4 Å². The lowest BCUT2D eigenvalue weighted by molar-refractivity contribution is -0.146. The minimum atomic E-state index is -0.423. The average Bonchev–Trinajstić information content (AvgIpc) is 3.31. The van der Waals surface area contributed by atoms with E-state index < -0.39 is 5.97 Å². The summed E-state index contributed by atoms with van der Waals surface area (Å²) >= 11 is 0. The van der Waals surface area contributed by atoms with E-state index in [0.29, 0.717) is 26.1 Å². The van der Waals surface area contributed by atoms with Gasteiger partial charge in [-0.3, -0.25) is 14.4 Å². The number of nitrogens with one attached hydrogen (secondary N) is 1. The van der Waals surface area contributed by atoms with Crippen LogP contribution in [0, 0.1) is 6.92 Å². The molecule has 1 heterocycles. The number of aromatic amines is 1. The minimum Gasteiger partial charge on any atom is -0.466 e. The number of nitrogens with zero attached hydrogens (tertiary/aromatic N) is 2. The maximum Gasteiger partial charge on any atom is 0.306 e. The zero-order valence-corrected chi connectivity index (χ0v) is 22.0. The van der Waals surface area contributed by atoms with Gasteiger partial charge in [-0.15, -0.1) is 0 Å². The van der Waals surface area contributed by atoms with Gasteiger partial charge < -0.3 is 24.3 Å². The molecule has 0 unspecified atom stereocenters. The number of aromatic nitrogens is 1. The highest BCUT2D eigenvalue weighted by atomic mass is 16.5. The minimum absolute atomic E-state index is 0.0108. The molecule has 2 amide bonds. The summed E-state index contributed by atoms with van der Waals surface area (Å²) in [5.41, 5.74) is 4.37. The van der Waals surface area contributed by atoms with E-state index in [1.54, 1.807) is 18.9 Å². The molecule has 0 aliphatic rings. The van der Waals surface area contributed by atoms with E-state index in [1.165, 1.54) is 4.90 Å². The van der Waals surface area contributed by atoms with Gasteiger partial charge in [0.15, 0.2) is 0 Å². The summed E-state index contributed by atoms with van der Waals surface area (Å²) < 4.78 is 10.1. The number of rotatable bonds is 14. The summed E-state index contributed by atoms with van der Waals surface area (Å²) in [4.78, 5) is 44.7. The van der Waals surface area contributed by atoms with Crippen molar-refractivity contribution in [3.05, 3.63) is 71.4 Å². The van der Waals surface area contributed by atoms with E-state index in [1.807, 2.05) is 55.6 Å². The Morgan fingerprint density at radius 3 is 2.41 bits per heavy atom. The Bertz CT molecular complexity index is 1170. The summed E-state index contributed by atoms with van der Waals surface area (Å²) in [5, 5.41) is 1.14. The highest BCUT2D eigenvalue weighted by molar-refractivity contribution is 5.87. The fourth-order valence-electron chi connectivity index (χ4n) is 4.16. The summed E-state index contributed by atoms with van der Waals surface area (Å²) in [6, 6.07) is 16.2. The molecule has 3 aromatic rings. The third-order valence-corrected chi connectivity index (χ3v) is 6.27. The lowest BCUT2D eigenvalue weighted by Crippen LogP contribution is -2.44. The number of carbonyl (C=O) groups is 3. The first-order chi connectivity index (χ1) is 17.9. The number of amides is 2. The van der Waals surface area contributed by atoms with Crippen LogP contribution < -0.4 is 0 Å². The van der Waals surface area contributed by atoms with Crippen LogP contribution in [0.25, 0.3) is 10.9 Å². The highest BCUT2D eigenvalue weighted by Crippen LogP contribution is 2.19. The Morgan fingerprint density at radius 2 is 1.68 bits per heavy atom. The molecule has 0 fully saturated rings. The fourth-order valence-corrected chi connectivity index (χ4v) is 4.16. The van der Waals surface area contributed by atoms with Gasteiger partial charge in [-0.1, -0.05) is 48.0 Å². The lowest BCUT2D eigenvalue weighted by atomic mass is 10.1. The Balaban J connectivity index is 1.73. The number of ether oxygens (including phenoxy) is 2. The second-order valence-electron chi connectivity index (χ2n) is 9.02. The van der Waals surface area contributed by atoms with Crippen molar-refractivity contribution >= 4 is 28.7 Å². The van der Waals surface area contributed by atoms with Gasteiger partial charge in [-0.05, 0) is 37.5 Å². The van der Waals surface area contributed by atoms with Crippen LogP contribution in [0.4, 0.5) is 0 Å². The molecule has 0 radical (unpaired) electrons. The molecule has 0 aliphatic carbocycles. The van der Waals surface area contributed by atoms with Crippen LogP contribution in [0.15, 0.2) is 54.7 Å². The van der Waals surface area contributed by atoms with Crippen molar-refractivity contribution in [2.75, 3.05) is 40.0 Å². The van der Waals surface area contributed by atoms with Crippen LogP contribution in [-0.4, -0.2) is 72.5 Å². The first-order valence-corrected chi connectivity index (χ1v) is 12.7. The normalized spacial score (nSPS) is 10.9. The molecule has 0 spiro atoms. The number of para-hydroxylation sites is 1. The molecule has 8 nitrogen and oxygen atoms in total. The molecule has 0 aliphatic heterocycles. The number of aryl methyl sites for hydroxylation is 1. The van der Waals surface area contributed by atoms with Gasteiger partial charge in [0, 0.05) is 50.3 Å². The van der Waals surface area contributed by atoms with Crippen molar-refractivity contribution in [1.29, 1.82) is 0 Å². The largest absolute Gasteiger partial charge is 0.466 e. The van der Waals surface area contributed by atoms with Crippen molar-refractivity contribution in [1.82, 2.24) is 14.8 Å². The van der Waals surface area contributed by atoms with Crippen LogP contribution in [0.3, 0.4) is 0 Å². The smallest absolute Gasteiger partial charge is 0.306 e. The molecule has 37 heavy (non-hydrogen) atoms. The first kappa shape index (κ1) is 27.9. The predicted molar refractivity (Wildman–Crippen MR) is 143 cm³/mol. The predicted octanol–water partition coefficient (Wildman–Crippen LogP) is 3.87. The monoisotopic (exact) mass is 507 g/mol. The summed E-state index contributed by atoms with van der Waals surface area (Å²) in [7, 11) is 1.55. The van der Waals surface area contributed by atoms with Crippen LogP contribution in [0.1, 0.15) is 36.5 Å². The summed E-state index contributed by atoms with van der Waals surface area (Å²) in [5.74, 6) is -0.847. The third-order valence-electron chi connectivity index (χ3n) is 6.27. The first-order valence-electron chi connectivity index (χ1n) is 12.7. The number of hydrogen-bond donors (Lipinski definition) is 1. The van der Waals surface area contributed by atoms with Crippen LogP contribution in [-0.2, 0) is 36.8 Å². The molecular weight excluding hydrogens is 470 g/mol. The van der Waals surface area contributed by atoms with Gasteiger partial charge in [-0.2, -0.15) is 0 Å². The quantitative estimate of drug-likeness (QED) is 0.335. The van der Waals surface area contributed by atoms with Gasteiger partial charge in [0.2, 0.25) is 11.8 Å². The molecule has 0 saturated carbocycles. The highest BCUT2D eigenvalue weighted by Gasteiger charge is 2.22. The number of carbonyl (C=O) groups excluding carboxylic acids is 3. The summed E-state index contributed by atoms with van der Waals surface area (Å²) in [6.07, 6.45) is 2.64. The molecule has 1 N–H and O–H groups in total. The zero-order chi connectivity index (χ0) is 26.6. The van der Waals surface area contributed by atoms with Crippen molar-refractivity contribution in [2.45, 2.75) is 39.7 Å². The summed E-state index contributed by atoms with van der Waals surface area (Å²) in [6.45, 7) is 5.45. The van der Waals surface area contributed by atoms with E-state index in [4.69, 9.17) is 9.47 Å². The Labute approximate surface area is 218 Å². The van der Waals surface area contributed by atoms with Gasteiger partial charge in [0.1, 0.15) is 0 Å². The molecule has 0 bridgehead atoms. The van der Waals surface area contributed by atoms with Gasteiger partial charge in [-0.25, -0.2) is 0 Å². The third kappa shape index (κ3) is 8.46. The van der Waals surface area contributed by atoms with Crippen molar-refractivity contribution in [2.24, 2.45) is 0 Å². The number of hydrogen-bond acceptors (Lipinski definition) is 5. The number of benzene rings is 2. The molecule has 8 heteroatoms. The Hall–Kier alpha value is -3.65. The molecular formula is C29H37N3O5. The van der Waals surface area contributed by atoms with Crippen LogP contribution in [0.2, 0.25) is 0 Å². The van der Waals surface area contributed by atoms with Crippen LogP contribution in [0.5, 0.6) is 0 Å². The molecule has 1 aromatic heterocycles. The Kier molecular flexibility index (Phi) is 10.7. The average molecular weight is 508 g/mol. The molecule has 3 rings (SSSR count). The van der Waals surface area contributed by atoms with Crippen molar-refractivity contribution in [3.63, 3.8) is 0 Å². The van der Waals surface area contributed by atoms with Gasteiger partial charge in [0.25, 0.3) is 0 Å². The standard InChI is InChI=1S/C29H37N3O5/c1-4-37-29(35)14-13-27(33)32(17-18-36-3)21-28(34)31(20-23-11-9-22(2)10-12-23)16-15-24-19-30-26-8-6-5-7-25(24)26/h5-12,19,30H,4,13-18,20-21H2,1-3H3. The van der Waals surface area contributed by atoms with Crippen LogP contribution >= 0.6 is 0 Å². The number of H-pyrrole nitrogens is 1. The Morgan fingerprint density at radius 1 is 0.919 bits per heavy atom. The van der Waals surface area contributed by atoms with Crippen molar-refractivity contribution < 1.29 is 23.9 Å². The SMILES string of the molecule is CCOC(=O)CCC(=O)N(CCOC)CC(=O)N(CCc1c[nH]c2ccccc12)Cc1ccc(C)cc1. The zero-order valence-electron chi connectivity index (χ0n) is 22.0. The lowest BCUT2D eigenvalue weighted by Gasteiger charge is -2.28. The molecule has 0 saturated heterocycles. The second kappa shape index (κ2) is 14.2. The van der Waals surface area contributed by atoms with E-state index in [0.717, 1.165) is 27.6 Å². The number of esters is 1. The second-order valence-corrected chi connectivity index (χ2v) is 9.02. The van der Waals surface area contributed by atoms with E-state index >= 15 is 0 Å². The maximum atomic E-state index is 13.5. The van der Waals surface area contributed by atoms with Crippen molar-refractivity contribution in [3.8, 4) is 0 Å². The fraction of sp³-hybridized carbons (Fsp3) is 0.414. The maximum absolute atomic E-state index is 13.5. The van der Waals surface area contributed by atoms with E-state index in [2.05, 4.69) is 11.1 Å².